The highest BCUT2D eigenvalue weighted by atomic mass is 32.1. The van der Waals surface area contributed by atoms with Crippen LogP contribution >= 0.6 is 11.3 Å². The molecule has 1 atom stereocenters. The largest absolute Gasteiger partial charge is 0.477 e. The van der Waals surface area contributed by atoms with Crippen molar-refractivity contribution in [2.45, 2.75) is 6.04 Å². The normalized spacial score (nSPS) is 11.6. The van der Waals surface area contributed by atoms with Gasteiger partial charge in [-0.2, -0.15) is 0 Å². The highest BCUT2D eigenvalue weighted by Gasteiger charge is 2.20. The number of thiophene rings is 1. The lowest BCUT2D eigenvalue weighted by molar-refractivity contribution is -0.385. The van der Waals surface area contributed by atoms with E-state index in [2.05, 4.69) is 5.32 Å². The zero-order chi connectivity index (χ0) is 20.1. The number of nitrogens with zero attached hydrogens (tertiary/aromatic N) is 1. The van der Waals surface area contributed by atoms with Gasteiger partial charge in [-0.15, -0.1) is 11.3 Å². The molecule has 0 bridgehead atoms. The van der Waals surface area contributed by atoms with Crippen molar-refractivity contribution in [1.82, 2.24) is 5.32 Å². The first kappa shape index (κ1) is 19.4. The molecule has 2 aromatic carbocycles. The van der Waals surface area contributed by atoms with Gasteiger partial charge in [0, 0.05) is 17.0 Å². The number of carbonyl (C=O) groups is 1. The van der Waals surface area contributed by atoms with E-state index in [1.54, 1.807) is 12.1 Å². The van der Waals surface area contributed by atoms with Crippen LogP contribution in [0.1, 0.15) is 16.5 Å². The Morgan fingerprint density at radius 2 is 1.86 bits per heavy atom. The lowest BCUT2D eigenvalue weighted by Gasteiger charge is -2.18. The van der Waals surface area contributed by atoms with Crippen molar-refractivity contribution in [3.05, 3.63) is 92.2 Å². The summed E-state index contributed by atoms with van der Waals surface area (Å²) >= 11 is 1.41. The molecule has 0 spiro atoms. The Hall–Kier alpha value is -3.33. The van der Waals surface area contributed by atoms with Gasteiger partial charge in [0.2, 0.25) is 5.75 Å². The van der Waals surface area contributed by atoms with Crippen LogP contribution in [0.3, 0.4) is 0 Å². The molecule has 1 aromatic heterocycles. The van der Waals surface area contributed by atoms with E-state index < -0.39 is 40.8 Å². The molecular formula is C19H14F2N2O4S. The van der Waals surface area contributed by atoms with E-state index in [9.17, 15) is 23.7 Å². The monoisotopic (exact) mass is 404 g/mol. The second kappa shape index (κ2) is 8.57. The number of hydrogen-bond acceptors (Lipinski definition) is 5. The third kappa shape index (κ3) is 4.68. The molecule has 0 saturated heterocycles. The molecule has 0 fully saturated rings. The summed E-state index contributed by atoms with van der Waals surface area (Å²) in [4.78, 5) is 23.4. The van der Waals surface area contributed by atoms with Crippen molar-refractivity contribution in [3.8, 4) is 5.75 Å². The van der Waals surface area contributed by atoms with Crippen LogP contribution < -0.4 is 10.1 Å². The van der Waals surface area contributed by atoms with Gasteiger partial charge in [0.05, 0.1) is 11.0 Å². The molecule has 1 amide bonds. The smallest absolute Gasteiger partial charge is 0.311 e. The molecule has 0 saturated carbocycles. The molecule has 1 heterocycles. The zero-order valence-corrected chi connectivity index (χ0v) is 15.1. The lowest BCUT2D eigenvalue weighted by atomic mass is 10.1. The van der Waals surface area contributed by atoms with Crippen LogP contribution in [-0.2, 0) is 4.79 Å². The summed E-state index contributed by atoms with van der Waals surface area (Å²) in [5.74, 6) is -2.03. The molecule has 0 aliphatic rings. The quantitative estimate of drug-likeness (QED) is 0.472. The minimum absolute atomic E-state index is 0.338. The predicted octanol–water partition coefficient (Wildman–Crippen LogP) is 4.22. The third-order valence-corrected chi connectivity index (χ3v) is 4.75. The summed E-state index contributed by atoms with van der Waals surface area (Å²) in [7, 11) is 0. The summed E-state index contributed by atoms with van der Waals surface area (Å²) in [6.45, 7) is -0.548. The van der Waals surface area contributed by atoms with Crippen LogP contribution in [0.4, 0.5) is 14.5 Å². The standard InChI is InChI=1S/C19H14F2N2O4S/c20-13-5-3-12(4-6-13)19(17-2-1-9-28-17)22-18(24)11-27-16-10-14(21)7-8-15(16)23(25)26/h1-10,19H,11H2,(H,22,24). The Balaban J connectivity index is 1.74. The average Bonchev–Trinajstić information content (AvgIpc) is 3.19. The summed E-state index contributed by atoms with van der Waals surface area (Å²) in [5.41, 5.74) is 0.219. The first-order valence-electron chi connectivity index (χ1n) is 8.09. The number of halogens is 2. The highest BCUT2D eigenvalue weighted by Crippen LogP contribution is 2.28. The zero-order valence-electron chi connectivity index (χ0n) is 14.3. The van der Waals surface area contributed by atoms with E-state index >= 15 is 0 Å². The van der Waals surface area contributed by atoms with Gasteiger partial charge in [0.1, 0.15) is 11.6 Å². The molecule has 1 N–H and O–H groups in total. The van der Waals surface area contributed by atoms with Crippen molar-refractivity contribution in [1.29, 1.82) is 0 Å². The van der Waals surface area contributed by atoms with Crippen molar-refractivity contribution in [2.75, 3.05) is 6.61 Å². The van der Waals surface area contributed by atoms with Crippen molar-refractivity contribution in [3.63, 3.8) is 0 Å². The van der Waals surface area contributed by atoms with Crippen LogP contribution in [0.2, 0.25) is 0 Å². The summed E-state index contributed by atoms with van der Waals surface area (Å²) in [6.07, 6.45) is 0. The van der Waals surface area contributed by atoms with Crippen LogP contribution in [0.25, 0.3) is 0 Å². The van der Waals surface area contributed by atoms with Gasteiger partial charge in [-0.25, -0.2) is 8.78 Å². The second-order valence-corrected chi connectivity index (χ2v) is 6.70. The van der Waals surface area contributed by atoms with Crippen molar-refractivity contribution in [2.24, 2.45) is 0 Å². The summed E-state index contributed by atoms with van der Waals surface area (Å²) in [5, 5.41) is 15.6. The van der Waals surface area contributed by atoms with Gasteiger partial charge in [-0.1, -0.05) is 18.2 Å². The van der Waals surface area contributed by atoms with Crippen LogP contribution in [-0.4, -0.2) is 17.4 Å². The Morgan fingerprint density at radius 1 is 1.14 bits per heavy atom. The van der Waals surface area contributed by atoms with E-state index in [4.69, 9.17) is 4.74 Å². The number of ether oxygens (including phenoxy) is 1. The van der Waals surface area contributed by atoms with Crippen LogP contribution in [0.15, 0.2) is 60.0 Å². The van der Waals surface area contributed by atoms with E-state index in [0.717, 1.165) is 23.1 Å². The molecule has 1 unspecified atom stereocenters. The van der Waals surface area contributed by atoms with Crippen molar-refractivity contribution < 1.29 is 23.2 Å². The van der Waals surface area contributed by atoms with Gasteiger partial charge >= 0.3 is 5.69 Å². The predicted molar refractivity (Wildman–Crippen MR) is 99.3 cm³/mol. The van der Waals surface area contributed by atoms with E-state index in [0.29, 0.717) is 5.56 Å². The number of nitro groups is 1. The van der Waals surface area contributed by atoms with Gasteiger partial charge in [-0.3, -0.25) is 14.9 Å². The summed E-state index contributed by atoms with van der Waals surface area (Å²) < 4.78 is 31.7. The molecule has 0 aliphatic carbocycles. The number of benzene rings is 2. The number of amides is 1. The third-order valence-electron chi connectivity index (χ3n) is 3.81. The number of nitrogens with one attached hydrogen (secondary N) is 1. The molecule has 0 aliphatic heterocycles. The number of hydrogen-bond donors (Lipinski definition) is 1. The molecule has 144 valence electrons. The van der Waals surface area contributed by atoms with E-state index in [1.807, 2.05) is 17.5 Å². The molecule has 6 nitrogen and oxygen atoms in total. The minimum Gasteiger partial charge on any atom is -0.477 e. The Bertz CT molecular complexity index is 978. The van der Waals surface area contributed by atoms with E-state index in [1.165, 1.54) is 23.5 Å². The minimum atomic E-state index is -0.723. The van der Waals surface area contributed by atoms with Gasteiger partial charge in [0.15, 0.2) is 6.61 Å². The first-order chi connectivity index (χ1) is 13.4. The Labute approximate surface area is 162 Å². The molecule has 0 radical (unpaired) electrons. The molecular weight excluding hydrogens is 390 g/mol. The average molecular weight is 404 g/mol. The van der Waals surface area contributed by atoms with Gasteiger partial charge < -0.3 is 10.1 Å². The fourth-order valence-electron chi connectivity index (χ4n) is 2.53. The Kier molecular flexibility index (Phi) is 5.95. The Morgan fingerprint density at radius 3 is 2.50 bits per heavy atom. The fraction of sp³-hybridized carbons (Fsp3) is 0.105. The summed E-state index contributed by atoms with van der Waals surface area (Å²) in [6, 6.07) is 11.5. The van der Waals surface area contributed by atoms with Crippen LogP contribution in [0.5, 0.6) is 5.75 Å². The van der Waals surface area contributed by atoms with Gasteiger partial charge in [0.25, 0.3) is 5.91 Å². The maximum absolute atomic E-state index is 13.4. The topological polar surface area (TPSA) is 81.5 Å². The second-order valence-electron chi connectivity index (χ2n) is 5.73. The number of carbonyl (C=O) groups excluding carboxylic acids is 1. The molecule has 9 heteroatoms. The number of rotatable bonds is 7. The molecule has 3 rings (SSSR count). The first-order valence-corrected chi connectivity index (χ1v) is 8.97. The maximum atomic E-state index is 13.4. The molecule has 3 aromatic rings. The SMILES string of the molecule is O=C(COc1cc(F)ccc1[N+](=O)[O-])NC(c1ccc(F)cc1)c1cccs1. The fourth-order valence-corrected chi connectivity index (χ4v) is 3.33. The van der Waals surface area contributed by atoms with E-state index in [-0.39, 0.29) is 5.75 Å². The lowest BCUT2D eigenvalue weighted by Crippen LogP contribution is -2.33. The number of nitro benzene ring substituents is 1. The van der Waals surface area contributed by atoms with Crippen molar-refractivity contribution >= 4 is 22.9 Å². The van der Waals surface area contributed by atoms with Crippen LogP contribution in [0, 0.1) is 21.7 Å². The highest BCUT2D eigenvalue weighted by molar-refractivity contribution is 7.10. The van der Waals surface area contributed by atoms with Gasteiger partial charge in [-0.05, 0) is 35.2 Å². The maximum Gasteiger partial charge on any atom is 0.311 e. The molecule has 28 heavy (non-hydrogen) atoms.